The predicted molar refractivity (Wildman–Crippen MR) is 117 cm³/mol. The van der Waals surface area contributed by atoms with E-state index in [1.54, 1.807) is 40.0 Å². The zero-order valence-electron chi connectivity index (χ0n) is 17.1. The summed E-state index contributed by atoms with van der Waals surface area (Å²) in [5.41, 5.74) is 2.33. The van der Waals surface area contributed by atoms with Crippen molar-refractivity contribution in [1.82, 2.24) is 24.6 Å². The number of nitrogens with zero attached hydrogens (tertiary/aromatic N) is 4. The minimum atomic E-state index is -3.59. The van der Waals surface area contributed by atoms with Crippen LogP contribution in [0.3, 0.4) is 0 Å². The Balaban J connectivity index is 1.28. The highest BCUT2D eigenvalue weighted by molar-refractivity contribution is 7.89. The van der Waals surface area contributed by atoms with E-state index in [2.05, 4.69) is 15.0 Å². The molecule has 1 fully saturated rings. The topological polar surface area (TPSA) is 97.2 Å². The van der Waals surface area contributed by atoms with Crippen LogP contribution in [0.15, 0.2) is 65.7 Å². The lowest BCUT2D eigenvalue weighted by atomic mass is 10.1. The van der Waals surface area contributed by atoms with Gasteiger partial charge in [-0.3, -0.25) is 9.48 Å². The molecule has 0 unspecified atom stereocenters. The van der Waals surface area contributed by atoms with Gasteiger partial charge in [-0.15, -0.1) is 5.10 Å². The molecule has 1 aliphatic heterocycles. The molecule has 1 aliphatic rings. The molecule has 1 saturated heterocycles. The van der Waals surface area contributed by atoms with Gasteiger partial charge in [0.05, 0.1) is 11.1 Å². The molecule has 31 heavy (non-hydrogen) atoms. The Hall–Kier alpha value is -3.04. The molecule has 0 aliphatic carbocycles. The third-order valence-electron chi connectivity index (χ3n) is 5.28. The lowest BCUT2D eigenvalue weighted by molar-refractivity contribution is 0.0787. The molecule has 9 heteroatoms. The standard InChI is InChI=1S/C22H25N5O3S/c28-22(26-14-4-5-15-26)21-17-27(25-24-21)16-6-13-23-31(29,30)20-11-9-19(10-12-20)18-7-2-1-3-8-18/h1-3,7-12,17,23H,4-6,13-16H2. The maximum Gasteiger partial charge on any atom is 0.276 e. The van der Waals surface area contributed by atoms with Crippen molar-refractivity contribution in [3.8, 4) is 11.1 Å². The predicted octanol–water partition coefficient (Wildman–Crippen LogP) is 2.55. The largest absolute Gasteiger partial charge is 0.337 e. The summed E-state index contributed by atoms with van der Waals surface area (Å²) in [5, 5.41) is 7.93. The van der Waals surface area contributed by atoms with E-state index in [4.69, 9.17) is 0 Å². The van der Waals surface area contributed by atoms with Gasteiger partial charge in [0.25, 0.3) is 5.91 Å². The highest BCUT2D eigenvalue weighted by Gasteiger charge is 2.22. The second-order valence-electron chi connectivity index (χ2n) is 7.51. The van der Waals surface area contributed by atoms with Gasteiger partial charge >= 0.3 is 0 Å². The SMILES string of the molecule is O=C(c1cn(CCCNS(=O)(=O)c2ccc(-c3ccccc3)cc2)nn1)N1CCCC1. The van der Waals surface area contributed by atoms with Crippen molar-refractivity contribution in [2.24, 2.45) is 0 Å². The molecule has 1 aromatic heterocycles. The smallest absolute Gasteiger partial charge is 0.276 e. The van der Waals surface area contributed by atoms with Crippen molar-refractivity contribution in [3.05, 3.63) is 66.5 Å². The van der Waals surface area contributed by atoms with Crippen molar-refractivity contribution in [1.29, 1.82) is 0 Å². The second-order valence-corrected chi connectivity index (χ2v) is 9.27. The van der Waals surface area contributed by atoms with Crippen molar-refractivity contribution >= 4 is 15.9 Å². The van der Waals surface area contributed by atoms with Gasteiger partial charge in [0.1, 0.15) is 0 Å². The van der Waals surface area contributed by atoms with Crippen molar-refractivity contribution in [2.75, 3.05) is 19.6 Å². The van der Waals surface area contributed by atoms with Crippen LogP contribution in [-0.4, -0.2) is 53.9 Å². The third kappa shape index (κ3) is 5.18. The number of aromatic nitrogens is 3. The highest BCUT2D eigenvalue weighted by atomic mass is 32.2. The summed E-state index contributed by atoms with van der Waals surface area (Å²) in [7, 11) is -3.59. The Bertz CT molecular complexity index is 1120. The number of hydrogen-bond donors (Lipinski definition) is 1. The number of amides is 1. The zero-order valence-corrected chi connectivity index (χ0v) is 18.0. The minimum absolute atomic E-state index is 0.0941. The molecule has 3 aromatic rings. The van der Waals surface area contributed by atoms with Gasteiger partial charge < -0.3 is 4.90 Å². The van der Waals surface area contributed by atoms with Crippen LogP contribution >= 0.6 is 0 Å². The van der Waals surface area contributed by atoms with Crippen LogP contribution in [0.4, 0.5) is 0 Å². The maximum atomic E-state index is 12.5. The number of carbonyl (C=O) groups is 1. The summed E-state index contributed by atoms with van der Waals surface area (Å²) in [6, 6.07) is 16.6. The first-order valence-corrected chi connectivity index (χ1v) is 11.9. The molecule has 162 valence electrons. The van der Waals surface area contributed by atoms with Crippen LogP contribution in [0.25, 0.3) is 11.1 Å². The fourth-order valence-corrected chi connectivity index (χ4v) is 4.65. The molecule has 2 aromatic carbocycles. The van der Waals surface area contributed by atoms with E-state index >= 15 is 0 Å². The summed E-state index contributed by atoms with van der Waals surface area (Å²) in [6.07, 6.45) is 4.20. The number of aryl methyl sites for hydroxylation is 1. The maximum absolute atomic E-state index is 12.5. The number of rotatable bonds is 8. The zero-order chi connectivity index (χ0) is 21.7. The lowest BCUT2D eigenvalue weighted by Crippen LogP contribution is -2.27. The van der Waals surface area contributed by atoms with E-state index in [0.29, 0.717) is 18.7 Å². The van der Waals surface area contributed by atoms with Gasteiger partial charge in [-0.25, -0.2) is 13.1 Å². The Morgan fingerprint density at radius 2 is 1.65 bits per heavy atom. The van der Waals surface area contributed by atoms with Crippen LogP contribution in [-0.2, 0) is 16.6 Å². The Kier molecular flexibility index (Phi) is 6.43. The van der Waals surface area contributed by atoms with E-state index in [1.807, 2.05) is 30.3 Å². The summed E-state index contributed by atoms with van der Waals surface area (Å²) in [5.74, 6) is -0.0941. The van der Waals surface area contributed by atoms with Gasteiger partial charge in [0.2, 0.25) is 10.0 Å². The third-order valence-corrected chi connectivity index (χ3v) is 6.76. The number of hydrogen-bond acceptors (Lipinski definition) is 5. The molecular formula is C22H25N5O3S. The van der Waals surface area contributed by atoms with Gasteiger partial charge in [0.15, 0.2) is 5.69 Å². The van der Waals surface area contributed by atoms with E-state index in [0.717, 1.165) is 37.1 Å². The molecule has 0 spiro atoms. The molecule has 8 nitrogen and oxygen atoms in total. The first-order valence-electron chi connectivity index (χ1n) is 10.4. The molecule has 1 amide bonds. The molecule has 1 N–H and O–H groups in total. The van der Waals surface area contributed by atoms with Gasteiger partial charge in [-0.2, -0.15) is 0 Å². The Morgan fingerprint density at radius 3 is 2.35 bits per heavy atom. The van der Waals surface area contributed by atoms with E-state index in [9.17, 15) is 13.2 Å². The monoisotopic (exact) mass is 439 g/mol. The lowest BCUT2D eigenvalue weighted by Gasteiger charge is -2.12. The highest BCUT2D eigenvalue weighted by Crippen LogP contribution is 2.21. The first kappa shape index (κ1) is 21.2. The van der Waals surface area contributed by atoms with Crippen molar-refractivity contribution in [3.63, 3.8) is 0 Å². The number of likely N-dealkylation sites (tertiary alicyclic amines) is 1. The van der Waals surface area contributed by atoms with Gasteiger partial charge in [-0.1, -0.05) is 47.7 Å². The molecule has 0 atom stereocenters. The Labute approximate surface area is 181 Å². The van der Waals surface area contributed by atoms with Gasteiger partial charge in [0, 0.05) is 26.2 Å². The van der Waals surface area contributed by atoms with Crippen LogP contribution < -0.4 is 4.72 Å². The van der Waals surface area contributed by atoms with Crippen LogP contribution in [0.5, 0.6) is 0 Å². The first-order chi connectivity index (χ1) is 15.0. The molecule has 2 heterocycles. The fourth-order valence-electron chi connectivity index (χ4n) is 3.58. The number of benzene rings is 2. The fraction of sp³-hybridized carbons (Fsp3) is 0.318. The second kappa shape index (κ2) is 9.40. The number of carbonyl (C=O) groups excluding carboxylic acids is 1. The number of sulfonamides is 1. The quantitative estimate of drug-likeness (QED) is 0.544. The minimum Gasteiger partial charge on any atom is -0.337 e. The molecule has 0 saturated carbocycles. The average Bonchev–Trinajstić information content (AvgIpc) is 3.50. The summed E-state index contributed by atoms with van der Waals surface area (Å²) in [6.45, 7) is 2.26. The van der Waals surface area contributed by atoms with Crippen molar-refractivity contribution < 1.29 is 13.2 Å². The van der Waals surface area contributed by atoms with E-state index in [1.165, 1.54) is 0 Å². The summed E-state index contributed by atoms with van der Waals surface area (Å²) >= 11 is 0. The molecular weight excluding hydrogens is 414 g/mol. The molecule has 0 radical (unpaired) electrons. The molecule has 4 rings (SSSR count). The van der Waals surface area contributed by atoms with Crippen LogP contribution in [0.1, 0.15) is 29.8 Å². The van der Waals surface area contributed by atoms with Crippen LogP contribution in [0.2, 0.25) is 0 Å². The summed E-state index contributed by atoms with van der Waals surface area (Å²) < 4.78 is 29.3. The molecule has 0 bridgehead atoms. The van der Waals surface area contributed by atoms with Crippen molar-refractivity contribution in [2.45, 2.75) is 30.7 Å². The Morgan fingerprint density at radius 1 is 0.968 bits per heavy atom. The normalized spacial score (nSPS) is 14.1. The number of nitrogens with one attached hydrogen (secondary N) is 1. The summed E-state index contributed by atoms with van der Waals surface area (Å²) in [4.78, 5) is 14.3. The van der Waals surface area contributed by atoms with Crippen LogP contribution in [0, 0.1) is 0 Å². The van der Waals surface area contributed by atoms with Gasteiger partial charge in [-0.05, 0) is 42.5 Å². The van der Waals surface area contributed by atoms with E-state index < -0.39 is 10.0 Å². The average molecular weight is 440 g/mol. The van der Waals surface area contributed by atoms with E-state index in [-0.39, 0.29) is 17.3 Å².